The Morgan fingerprint density at radius 2 is 2.25 bits per heavy atom. The molecule has 0 heterocycles. The van der Waals surface area contributed by atoms with E-state index in [9.17, 15) is 0 Å². The molecule has 0 aromatic rings. The molecule has 2 nitrogen and oxygen atoms in total. The summed E-state index contributed by atoms with van der Waals surface area (Å²) in [6, 6.07) is 0. The molecule has 0 saturated heterocycles. The van der Waals surface area contributed by atoms with E-state index in [1.807, 2.05) is 13.8 Å². The second kappa shape index (κ2) is 5.13. The maximum absolute atomic E-state index is 4.06. The van der Waals surface area contributed by atoms with E-state index >= 15 is 0 Å². The molecule has 0 rings (SSSR count). The summed E-state index contributed by atoms with van der Waals surface area (Å²) >= 11 is 2.82. The van der Waals surface area contributed by atoms with Gasteiger partial charge in [-0.1, -0.05) is 0 Å². The van der Waals surface area contributed by atoms with Crippen LogP contribution < -0.4 is 5.32 Å². The summed E-state index contributed by atoms with van der Waals surface area (Å²) in [4.78, 5) is 4.06. The van der Waals surface area contributed by atoms with Gasteiger partial charge in [0.2, 0.25) is 0 Å². The second-order valence-corrected chi connectivity index (χ2v) is 2.12. The van der Waals surface area contributed by atoms with Crippen molar-refractivity contribution in [2.24, 2.45) is 4.99 Å². The molecule has 8 heavy (non-hydrogen) atoms. The summed E-state index contributed by atoms with van der Waals surface area (Å²) in [7, 11) is 0. The zero-order valence-corrected chi connectivity index (χ0v) is 6.98. The number of nitrogens with zero attached hydrogens (tertiary/aromatic N) is 1. The molecular weight excluding hydrogens is 167 g/mol. The first kappa shape index (κ1) is 7.99. The van der Waals surface area contributed by atoms with Gasteiger partial charge in [0.25, 0.3) is 0 Å². The molecule has 1 radical (unpaired) electrons. The standard InChI is InChI=1S/C5H11N2Se/c1-3-6-5(8)7-4-2/h3-4H2,1-2H3,(H,6,7). The van der Waals surface area contributed by atoms with Crippen LogP contribution in [0.5, 0.6) is 0 Å². The average molecular weight is 178 g/mol. The molecule has 3 heteroatoms. The molecule has 0 fully saturated rings. The van der Waals surface area contributed by atoms with Gasteiger partial charge in [-0.05, 0) is 0 Å². The van der Waals surface area contributed by atoms with Crippen LogP contribution in [0.25, 0.3) is 0 Å². The molecule has 47 valence electrons. The molecule has 1 N–H and O–H groups in total. The zero-order valence-electron chi connectivity index (χ0n) is 5.27. The zero-order chi connectivity index (χ0) is 6.41. The summed E-state index contributed by atoms with van der Waals surface area (Å²) in [6.45, 7) is 5.83. The molecule has 0 atom stereocenters. The quantitative estimate of drug-likeness (QED) is 0.363. The number of amidine groups is 1. The normalized spacial score (nSPS) is 11.5. The van der Waals surface area contributed by atoms with E-state index in [1.54, 1.807) is 0 Å². The van der Waals surface area contributed by atoms with E-state index in [-0.39, 0.29) is 0 Å². The van der Waals surface area contributed by atoms with Crippen LogP contribution in [0, 0.1) is 0 Å². The van der Waals surface area contributed by atoms with Crippen LogP contribution in [0.3, 0.4) is 0 Å². The van der Waals surface area contributed by atoms with Crippen molar-refractivity contribution in [1.82, 2.24) is 5.32 Å². The van der Waals surface area contributed by atoms with Crippen molar-refractivity contribution in [2.75, 3.05) is 13.1 Å². The summed E-state index contributed by atoms with van der Waals surface area (Å²) in [5.41, 5.74) is 0. The first-order valence-electron chi connectivity index (χ1n) is 2.76. The molecule has 0 amide bonds. The predicted molar refractivity (Wildman–Crippen MR) is 37.4 cm³/mol. The topological polar surface area (TPSA) is 24.4 Å². The van der Waals surface area contributed by atoms with E-state index in [1.165, 1.54) is 0 Å². The molecular formula is C5H11N2Se. The van der Waals surface area contributed by atoms with Crippen LogP contribution in [0.4, 0.5) is 0 Å². The molecule has 0 aliphatic heterocycles. The Morgan fingerprint density at radius 1 is 1.62 bits per heavy atom. The first-order valence-corrected chi connectivity index (χ1v) is 3.62. The number of hydrogen-bond acceptors (Lipinski definition) is 1. The third-order valence-electron chi connectivity index (χ3n) is 0.630. The fourth-order valence-corrected chi connectivity index (χ4v) is 0.924. The maximum atomic E-state index is 4.06. The fourth-order valence-electron chi connectivity index (χ4n) is 0.351. The van der Waals surface area contributed by atoms with Crippen molar-refractivity contribution in [1.29, 1.82) is 0 Å². The summed E-state index contributed by atoms with van der Waals surface area (Å²) in [6.07, 6.45) is 0. The molecule has 0 aromatic carbocycles. The predicted octanol–water partition coefficient (Wildman–Crippen LogP) is 0.140. The van der Waals surface area contributed by atoms with Crippen molar-refractivity contribution in [3.63, 3.8) is 0 Å². The van der Waals surface area contributed by atoms with Crippen molar-refractivity contribution in [3.8, 4) is 0 Å². The Hall–Kier alpha value is -0.0105. The Labute approximate surface area is 58.6 Å². The Bertz CT molecular complexity index is 80.5. The third kappa shape index (κ3) is 4.16. The van der Waals surface area contributed by atoms with Gasteiger partial charge in [-0.2, -0.15) is 0 Å². The molecule has 0 unspecified atom stereocenters. The summed E-state index contributed by atoms with van der Waals surface area (Å²) in [5.74, 6) is 0. The molecule has 0 aliphatic carbocycles. The van der Waals surface area contributed by atoms with Gasteiger partial charge in [0.15, 0.2) is 0 Å². The van der Waals surface area contributed by atoms with E-state index in [0.717, 1.165) is 17.8 Å². The summed E-state index contributed by atoms with van der Waals surface area (Å²) < 4.78 is 0.912. The van der Waals surface area contributed by atoms with Crippen molar-refractivity contribution in [3.05, 3.63) is 0 Å². The van der Waals surface area contributed by atoms with E-state index < -0.39 is 0 Å². The Kier molecular flexibility index (Phi) is 5.13. The van der Waals surface area contributed by atoms with E-state index in [2.05, 4.69) is 26.3 Å². The van der Waals surface area contributed by atoms with Crippen molar-refractivity contribution in [2.45, 2.75) is 13.8 Å². The minimum absolute atomic E-state index is 0.843. The van der Waals surface area contributed by atoms with Gasteiger partial charge in [-0.25, -0.2) is 0 Å². The Balaban J connectivity index is 3.29. The van der Waals surface area contributed by atoms with Gasteiger partial charge in [0, 0.05) is 0 Å². The van der Waals surface area contributed by atoms with Gasteiger partial charge >= 0.3 is 58.0 Å². The van der Waals surface area contributed by atoms with Gasteiger partial charge < -0.3 is 0 Å². The number of nitrogens with one attached hydrogen (secondary N) is 1. The minimum atomic E-state index is 0.843. The van der Waals surface area contributed by atoms with Crippen LogP contribution in [0.1, 0.15) is 13.8 Å². The second-order valence-electron chi connectivity index (χ2n) is 1.31. The van der Waals surface area contributed by atoms with Gasteiger partial charge in [0.1, 0.15) is 0 Å². The van der Waals surface area contributed by atoms with E-state index in [4.69, 9.17) is 0 Å². The Morgan fingerprint density at radius 3 is 2.62 bits per heavy atom. The molecule has 0 aromatic heterocycles. The van der Waals surface area contributed by atoms with Crippen LogP contribution >= 0.6 is 0 Å². The van der Waals surface area contributed by atoms with Gasteiger partial charge in [-0.3, -0.25) is 0 Å². The SMILES string of the molecule is CCN=C([Se])NCC. The average Bonchev–Trinajstić information content (AvgIpc) is 1.68. The number of rotatable bonds is 2. The van der Waals surface area contributed by atoms with Crippen molar-refractivity contribution < 1.29 is 0 Å². The van der Waals surface area contributed by atoms with Gasteiger partial charge in [-0.15, -0.1) is 0 Å². The third-order valence-corrected chi connectivity index (χ3v) is 1.20. The van der Waals surface area contributed by atoms with Crippen LogP contribution in [-0.2, 0) is 0 Å². The number of aliphatic imine (C=N–C) groups is 1. The molecule has 0 aliphatic rings. The van der Waals surface area contributed by atoms with E-state index in [0.29, 0.717) is 0 Å². The monoisotopic (exact) mass is 179 g/mol. The fraction of sp³-hybridized carbons (Fsp3) is 0.800. The molecule has 0 saturated carbocycles. The van der Waals surface area contributed by atoms with Crippen LogP contribution in [0.2, 0.25) is 0 Å². The molecule has 0 spiro atoms. The van der Waals surface area contributed by atoms with Crippen LogP contribution in [0.15, 0.2) is 4.99 Å². The number of hydrogen-bond donors (Lipinski definition) is 1. The first-order chi connectivity index (χ1) is 3.81. The summed E-state index contributed by atoms with van der Waals surface area (Å²) in [5, 5.41) is 3.04. The van der Waals surface area contributed by atoms with Gasteiger partial charge in [0.05, 0.1) is 0 Å². The van der Waals surface area contributed by atoms with Crippen LogP contribution in [-0.4, -0.2) is 33.8 Å². The molecule has 0 bridgehead atoms. The van der Waals surface area contributed by atoms with Crippen molar-refractivity contribution >= 4 is 20.7 Å².